The minimum absolute atomic E-state index is 0.464. The second-order valence-corrected chi connectivity index (χ2v) is 7.47. The molecule has 1 N–H and O–H groups in total. The third-order valence-electron chi connectivity index (χ3n) is 5.77. The Kier molecular flexibility index (Phi) is 3.35. The van der Waals surface area contributed by atoms with Gasteiger partial charge in [0.2, 0.25) is 0 Å². The Morgan fingerprint density at radius 3 is 2.82 bits per heavy atom. The summed E-state index contributed by atoms with van der Waals surface area (Å²) < 4.78 is 1.90. The maximum atomic E-state index is 4.73. The van der Waals surface area contributed by atoms with Gasteiger partial charge in [0.25, 0.3) is 0 Å². The molecule has 6 rings (SSSR count). The van der Waals surface area contributed by atoms with Crippen LogP contribution in [-0.2, 0) is 0 Å². The van der Waals surface area contributed by atoms with E-state index < -0.39 is 0 Å². The molecule has 0 saturated heterocycles. The molecular formula is C23H19N5. The Morgan fingerprint density at radius 1 is 1.00 bits per heavy atom. The third kappa shape index (κ3) is 2.43. The van der Waals surface area contributed by atoms with Crippen LogP contribution in [0.15, 0.2) is 72.1 Å². The van der Waals surface area contributed by atoms with Crippen LogP contribution in [0.3, 0.4) is 0 Å². The molecule has 28 heavy (non-hydrogen) atoms. The van der Waals surface area contributed by atoms with Gasteiger partial charge in [-0.25, -0.2) is 9.50 Å². The lowest BCUT2D eigenvalue weighted by Gasteiger charge is -2.11. The summed E-state index contributed by atoms with van der Waals surface area (Å²) in [7, 11) is 0. The van der Waals surface area contributed by atoms with E-state index in [2.05, 4.69) is 63.8 Å². The molecule has 0 unspecified atom stereocenters. The van der Waals surface area contributed by atoms with Gasteiger partial charge in [0.1, 0.15) is 6.67 Å². The quantitative estimate of drug-likeness (QED) is 0.594. The zero-order valence-electron chi connectivity index (χ0n) is 15.3. The lowest BCUT2D eigenvalue weighted by molar-refractivity contribution is 0.869. The highest BCUT2D eigenvalue weighted by molar-refractivity contribution is 6.09. The van der Waals surface area contributed by atoms with Crippen molar-refractivity contribution in [3.8, 4) is 0 Å². The van der Waals surface area contributed by atoms with Crippen molar-refractivity contribution in [1.29, 1.82) is 0 Å². The van der Waals surface area contributed by atoms with Crippen molar-refractivity contribution in [3.63, 3.8) is 0 Å². The number of rotatable bonds is 3. The van der Waals surface area contributed by atoms with Crippen LogP contribution in [0.1, 0.15) is 35.1 Å². The monoisotopic (exact) mass is 365 g/mol. The Bertz CT molecular complexity index is 1260. The number of nitrogens with zero attached hydrogens (tertiary/aromatic N) is 4. The van der Waals surface area contributed by atoms with Crippen LogP contribution in [0, 0.1) is 0 Å². The maximum absolute atomic E-state index is 4.73. The van der Waals surface area contributed by atoms with Crippen LogP contribution in [-0.4, -0.2) is 27.5 Å². The number of hydrogen-bond donors (Lipinski definition) is 1. The number of benzene rings is 2. The van der Waals surface area contributed by atoms with Crippen LogP contribution in [0.2, 0.25) is 0 Å². The summed E-state index contributed by atoms with van der Waals surface area (Å²) in [4.78, 5) is 8.91. The van der Waals surface area contributed by atoms with E-state index in [-0.39, 0.29) is 0 Å². The number of fused-ring (bicyclic) bond motifs is 2. The van der Waals surface area contributed by atoms with Crippen LogP contribution in [0.25, 0.3) is 22.0 Å². The summed E-state index contributed by atoms with van der Waals surface area (Å²) in [5.74, 6) is 0.987. The van der Waals surface area contributed by atoms with Crippen molar-refractivity contribution in [1.82, 2.24) is 19.9 Å². The number of hydrogen-bond acceptors (Lipinski definition) is 4. The summed E-state index contributed by atoms with van der Waals surface area (Å²) in [5, 5.41) is 10.6. The van der Waals surface area contributed by atoms with E-state index in [0.717, 1.165) is 23.3 Å². The summed E-state index contributed by atoms with van der Waals surface area (Å²) in [6.07, 6.45) is 8.76. The van der Waals surface area contributed by atoms with Gasteiger partial charge in [-0.2, -0.15) is 5.10 Å². The van der Waals surface area contributed by atoms with Crippen LogP contribution < -0.4 is 5.32 Å². The van der Waals surface area contributed by atoms with E-state index in [1.807, 2.05) is 29.3 Å². The number of aromatic nitrogens is 3. The topological polar surface area (TPSA) is 54.6 Å². The van der Waals surface area contributed by atoms with E-state index >= 15 is 0 Å². The SMILES string of the molecule is C1=NCNC=C1c1cc([C@@H]2C[C@H]2c2cccc3ccccc23)c2nccn2n1. The third-order valence-corrected chi connectivity index (χ3v) is 5.77. The molecule has 3 heterocycles. The van der Waals surface area contributed by atoms with Crippen LogP contribution in [0.5, 0.6) is 0 Å². The molecule has 5 nitrogen and oxygen atoms in total. The molecule has 2 aliphatic rings. The first-order chi connectivity index (χ1) is 13.9. The summed E-state index contributed by atoms with van der Waals surface area (Å²) >= 11 is 0. The molecule has 1 aliphatic carbocycles. The summed E-state index contributed by atoms with van der Waals surface area (Å²) in [5.41, 5.74) is 5.60. The summed E-state index contributed by atoms with van der Waals surface area (Å²) in [6, 6.07) is 17.5. The van der Waals surface area contributed by atoms with Crippen molar-refractivity contribution in [3.05, 3.63) is 83.9 Å². The molecule has 0 bridgehead atoms. The molecule has 136 valence electrons. The average Bonchev–Trinajstić information content (AvgIpc) is 3.40. The zero-order chi connectivity index (χ0) is 18.5. The Labute approximate surface area is 162 Å². The zero-order valence-corrected chi connectivity index (χ0v) is 15.3. The van der Waals surface area contributed by atoms with E-state index in [1.165, 1.54) is 21.9 Å². The normalized spacial score (nSPS) is 20.9. The molecule has 1 fully saturated rings. The van der Waals surface area contributed by atoms with Gasteiger partial charge in [0.15, 0.2) is 5.65 Å². The van der Waals surface area contributed by atoms with Crippen LogP contribution >= 0.6 is 0 Å². The fraction of sp³-hybridized carbons (Fsp3) is 0.174. The second kappa shape index (κ2) is 6.02. The van der Waals surface area contributed by atoms with Gasteiger partial charge in [-0.1, -0.05) is 42.5 Å². The van der Waals surface area contributed by atoms with Crippen LogP contribution in [0.4, 0.5) is 0 Å². The predicted octanol–water partition coefficient (Wildman–Crippen LogP) is 4.13. The van der Waals surface area contributed by atoms with Crippen molar-refractivity contribution in [2.24, 2.45) is 4.99 Å². The Morgan fingerprint density at radius 2 is 1.89 bits per heavy atom. The van der Waals surface area contributed by atoms with E-state index in [4.69, 9.17) is 5.10 Å². The molecule has 0 spiro atoms. The second-order valence-electron chi connectivity index (χ2n) is 7.47. The van der Waals surface area contributed by atoms with Gasteiger partial charge in [-0.3, -0.25) is 4.99 Å². The predicted molar refractivity (Wildman–Crippen MR) is 112 cm³/mol. The number of allylic oxidation sites excluding steroid dienone is 1. The Balaban J connectivity index is 1.44. The molecule has 0 radical (unpaired) electrons. The molecule has 5 heteroatoms. The number of nitrogens with one attached hydrogen (secondary N) is 1. The Hall–Kier alpha value is -3.47. The molecule has 4 aromatic rings. The molecule has 1 aliphatic heterocycles. The van der Waals surface area contributed by atoms with Gasteiger partial charge in [0.05, 0.1) is 5.69 Å². The van der Waals surface area contributed by atoms with Gasteiger partial charge in [0, 0.05) is 35.9 Å². The average molecular weight is 365 g/mol. The lowest BCUT2D eigenvalue weighted by atomic mass is 9.98. The molecule has 2 aromatic carbocycles. The fourth-order valence-electron chi connectivity index (χ4n) is 4.34. The first-order valence-electron chi connectivity index (χ1n) is 9.64. The van der Waals surface area contributed by atoms with E-state index in [9.17, 15) is 0 Å². The van der Waals surface area contributed by atoms with Crippen molar-refractivity contribution in [2.45, 2.75) is 18.3 Å². The molecule has 1 saturated carbocycles. The fourth-order valence-corrected chi connectivity index (χ4v) is 4.34. The highest BCUT2D eigenvalue weighted by Gasteiger charge is 2.42. The van der Waals surface area contributed by atoms with Crippen molar-refractivity contribution >= 4 is 28.2 Å². The van der Waals surface area contributed by atoms with E-state index in [1.54, 1.807) is 0 Å². The standard InChI is InChI=1S/C23H19N5/c1-2-6-17-15(4-1)5-3-7-18(17)19-10-20(19)21-11-22(16-12-24-14-25-13-16)27-28-9-8-26-23(21)28/h1-9,11-13,19-20,24H,10,14H2/t19-,20+/m0/s1. The molecule has 2 atom stereocenters. The van der Waals surface area contributed by atoms with Gasteiger partial charge < -0.3 is 5.32 Å². The molecule has 2 aromatic heterocycles. The van der Waals surface area contributed by atoms with Crippen molar-refractivity contribution in [2.75, 3.05) is 6.67 Å². The number of imidazole rings is 1. The van der Waals surface area contributed by atoms with Crippen molar-refractivity contribution < 1.29 is 0 Å². The first kappa shape index (κ1) is 15.6. The van der Waals surface area contributed by atoms with Gasteiger partial charge in [-0.15, -0.1) is 0 Å². The van der Waals surface area contributed by atoms with Gasteiger partial charge in [-0.05, 0) is 40.7 Å². The van der Waals surface area contributed by atoms with Gasteiger partial charge >= 0.3 is 0 Å². The smallest absolute Gasteiger partial charge is 0.156 e. The minimum Gasteiger partial charge on any atom is -0.372 e. The number of aliphatic imine (C=N–C) groups is 1. The largest absolute Gasteiger partial charge is 0.372 e. The first-order valence-corrected chi connectivity index (χ1v) is 9.64. The highest BCUT2D eigenvalue weighted by Crippen LogP contribution is 2.56. The highest BCUT2D eigenvalue weighted by atomic mass is 15.2. The molecular weight excluding hydrogens is 346 g/mol. The van der Waals surface area contributed by atoms with E-state index in [0.29, 0.717) is 18.5 Å². The summed E-state index contributed by atoms with van der Waals surface area (Å²) in [6.45, 7) is 0.620. The molecule has 0 amide bonds. The minimum atomic E-state index is 0.464. The lowest BCUT2D eigenvalue weighted by Crippen LogP contribution is -2.12. The maximum Gasteiger partial charge on any atom is 0.156 e.